The summed E-state index contributed by atoms with van der Waals surface area (Å²) in [5.74, 6) is 0.0120. The van der Waals surface area contributed by atoms with Crippen LogP contribution in [0, 0.1) is 0 Å². The molecule has 5 nitrogen and oxygen atoms in total. The Morgan fingerprint density at radius 2 is 2.31 bits per heavy atom. The van der Waals surface area contributed by atoms with Gasteiger partial charge in [0.15, 0.2) is 11.5 Å². The molecule has 1 atom stereocenters. The minimum absolute atomic E-state index is 0.120. The van der Waals surface area contributed by atoms with Gasteiger partial charge in [0.25, 0.3) is 0 Å². The summed E-state index contributed by atoms with van der Waals surface area (Å²) < 4.78 is 10.8. The molecule has 0 radical (unpaired) electrons. The summed E-state index contributed by atoms with van der Waals surface area (Å²) in [6, 6.07) is 4.79. The predicted molar refractivity (Wildman–Crippen MR) is 54.0 cm³/mol. The molecule has 2 rings (SSSR count). The second-order valence-electron chi connectivity index (χ2n) is 3.47. The zero-order valence-electron chi connectivity index (χ0n) is 8.38. The van der Waals surface area contributed by atoms with Gasteiger partial charge in [-0.15, -0.1) is 0 Å². The molecule has 5 heteroatoms. The molecule has 1 aromatic rings. The number of carboxylic acids is 1. The van der Waals surface area contributed by atoms with E-state index < -0.39 is 12.1 Å². The second-order valence-corrected chi connectivity index (χ2v) is 3.47. The first-order valence-corrected chi connectivity index (χ1v) is 4.79. The van der Waals surface area contributed by atoms with Gasteiger partial charge in [-0.3, -0.25) is 9.59 Å². The van der Waals surface area contributed by atoms with Gasteiger partial charge in [-0.2, -0.15) is 0 Å². The van der Waals surface area contributed by atoms with Crippen molar-refractivity contribution in [3.8, 4) is 11.5 Å². The fraction of sp³-hybridized carbons (Fsp3) is 0.273. The van der Waals surface area contributed by atoms with E-state index in [4.69, 9.17) is 14.6 Å². The molecule has 0 spiro atoms. The monoisotopic (exact) mass is 222 g/mol. The zero-order chi connectivity index (χ0) is 11.5. The lowest BCUT2D eigenvalue weighted by molar-refractivity contribution is -0.139. The van der Waals surface area contributed by atoms with E-state index in [2.05, 4.69) is 0 Å². The highest BCUT2D eigenvalue weighted by molar-refractivity contribution is 5.76. The fourth-order valence-corrected chi connectivity index (χ4v) is 1.50. The number of ether oxygens (including phenoxy) is 2. The van der Waals surface area contributed by atoms with Gasteiger partial charge in [0.1, 0.15) is 19.0 Å². The maximum absolute atomic E-state index is 10.6. The molecule has 0 amide bonds. The summed E-state index contributed by atoms with van der Waals surface area (Å²) in [4.78, 5) is 21.1. The van der Waals surface area contributed by atoms with Gasteiger partial charge in [0.2, 0.25) is 0 Å². The molecule has 84 valence electrons. The molecule has 0 aromatic heterocycles. The number of hydrogen-bond donors (Lipinski definition) is 1. The summed E-state index contributed by atoms with van der Waals surface area (Å²) >= 11 is 0. The number of carboxylic acid groups (broad SMARTS) is 1. The highest BCUT2D eigenvalue weighted by atomic mass is 16.6. The number of hydrogen-bond acceptors (Lipinski definition) is 4. The number of carbonyl (C=O) groups excluding carboxylic acids is 1. The van der Waals surface area contributed by atoms with Crippen LogP contribution in [0.3, 0.4) is 0 Å². The van der Waals surface area contributed by atoms with Crippen LogP contribution in [0.4, 0.5) is 0 Å². The van der Waals surface area contributed by atoms with Crippen molar-refractivity contribution in [1.29, 1.82) is 0 Å². The summed E-state index contributed by atoms with van der Waals surface area (Å²) in [5, 5.41) is 8.62. The first kappa shape index (κ1) is 10.5. The van der Waals surface area contributed by atoms with E-state index in [-0.39, 0.29) is 13.0 Å². The van der Waals surface area contributed by atoms with Crippen molar-refractivity contribution in [2.24, 2.45) is 0 Å². The van der Waals surface area contributed by atoms with Crippen molar-refractivity contribution in [3.63, 3.8) is 0 Å². The Labute approximate surface area is 91.6 Å². The van der Waals surface area contributed by atoms with Crippen LogP contribution in [0.2, 0.25) is 0 Å². The van der Waals surface area contributed by atoms with E-state index >= 15 is 0 Å². The lowest BCUT2D eigenvalue weighted by Gasteiger charge is -2.25. The molecule has 1 aliphatic heterocycles. The van der Waals surface area contributed by atoms with Gasteiger partial charge >= 0.3 is 5.97 Å². The molecule has 0 bridgehead atoms. The van der Waals surface area contributed by atoms with E-state index in [1.807, 2.05) is 0 Å². The molecular weight excluding hydrogens is 212 g/mol. The van der Waals surface area contributed by atoms with Crippen LogP contribution >= 0.6 is 0 Å². The first-order valence-electron chi connectivity index (χ1n) is 4.79. The Kier molecular flexibility index (Phi) is 2.76. The van der Waals surface area contributed by atoms with Crippen LogP contribution in [0.25, 0.3) is 0 Å². The number of rotatable bonds is 3. The van der Waals surface area contributed by atoms with Crippen LogP contribution < -0.4 is 9.47 Å². The van der Waals surface area contributed by atoms with Crippen LogP contribution in [0.15, 0.2) is 18.2 Å². The Hall–Kier alpha value is -2.04. The van der Waals surface area contributed by atoms with Crippen molar-refractivity contribution in [2.45, 2.75) is 12.5 Å². The molecule has 1 unspecified atom stereocenters. The smallest absolute Gasteiger partial charge is 0.307 e. The molecule has 0 fully saturated rings. The van der Waals surface area contributed by atoms with Crippen molar-refractivity contribution in [1.82, 2.24) is 0 Å². The minimum atomic E-state index is -0.941. The largest absolute Gasteiger partial charge is 0.486 e. The molecule has 1 aromatic carbocycles. The molecule has 0 saturated carbocycles. The van der Waals surface area contributed by atoms with Crippen LogP contribution in [0.1, 0.15) is 16.8 Å². The average Bonchev–Trinajstić information content (AvgIpc) is 2.27. The Bertz CT molecular complexity index is 426. The molecule has 1 N–H and O–H groups in total. The first-order chi connectivity index (χ1) is 7.69. The fourth-order valence-electron chi connectivity index (χ4n) is 1.50. The third-order valence-electron chi connectivity index (χ3n) is 2.22. The normalized spacial score (nSPS) is 17.9. The topological polar surface area (TPSA) is 72.8 Å². The van der Waals surface area contributed by atoms with E-state index in [1.54, 1.807) is 12.1 Å². The maximum Gasteiger partial charge on any atom is 0.307 e. The summed E-state index contributed by atoms with van der Waals surface area (Å²) in [6.45, 7) is 0.208. The van der Waals surface area contributed by atoms with E-state index in [9.17, 15) is 9.59 Å². The van der Waals surface area contributed by atoms with Gasteiger partial charge in [0, 0.05) is 5.56 Å². The highest BCUT2D eigenvalue weighted by Crippen LogP contribution is 2.32. The molecular formula is C11H10O5. The quantitative estimate of drug-likeness (QED) is 0.775. The number of aliphatic carboxylic acids is 1. The van der Waals surface area contributed by atoms with Gasteiger partial charge in [-0.05, 0) is 18.2 Å². The maximum atomic E-state index is 10.6. The molecule has 1 aliphatic rings. The Morgan fingerprint density at radius 1 is 1.50 bits per heavy atom. The Balaban J connectivity index is 2.17. The van der Waals surface area contributed by atoms with Gasteiger partial charge in [-0.1, -0.05) is 0 Å². The van der Waals surface area contributed by atoms with Crippen molar-refractivity contribution in [2.75, 3.05) is 6.61 Å². The third kappa shape index (κ3) is 2.13. The van der Waals surface area contributed by atoms with Gasteiger partial charge in [0.05, 0.1) is 6.42 Å². The standard InChI is InChI=1S/C11H10O5/c12-5-7-1-2-9-10(3-7)16-8(6-15-9)4-11(13)14/h1-3,5,8H,4,6H2,(H,13,14). The van der Waals surface area contributed by atoms with E-state index in [1.165, 1.54) is 6.07 Å². The zero-order valence-corrected chi connectivity index (χ0v) is 8.38. The predicted octanol–water partition coefficient (Wildman–Crippen LogP) is 1.11. The van der Waals surface area contributed by atoms with Crippen LogP contribution in [0.5, 0.6) is 11.5 Å². The SMILES string of the molecule is O=Cc1ccc2c(c1)OC(CC(=O)O)CO2. The molecule has 0 saturated heterocycles. The van der Waals surface area contributed by atoms with Crippen LogP contribution in [-0.4, -0.2) is 30.1 Å². The minimum Gasteiger partial charge on any atom is -0.486 e. The summed E-state index contributed by atoms with van der Waals surface area (Å²) in [7, 11) is 0. The summed E-state index contributed by atoms with van der Waals surface area (Å²) in [6.07, 6.45) is 0.0711. The number of carbonyl (C=O) groups is 2. The van der Waals surface area contributed by atoms with Gasteiger partial charge in [-0.25, -0.2) is 0 Å². The number of benzene rings is 1. The van der Waals surface area contributed by atoms with E-state index in [0.29, 0.717) is 23.3 Å². The second kappa shape index (κ2) is 4.22. The number of aldehydes is 1. The lowest BCUT2D eigenvalue weighted by atomic mass is 10.2. The van der Waals surface area contributed by atoms with Crippen molar-refractivity contribution in [3.05, 3.63) is 23.8 Å². The molecule has 1 heterocycles. The van der Waals surface area contributed by atoms with Crippen molar-refractivity contribution >= 4 is 12.3 Å². The van der Waals surface area contributed by atoms with E-state index in [0.717, 1.165) is 0 Å². The van der Waals surface area contributed by atoms with Crippen LogP contribution in [-0.2, 0) is 4.79 Å². The molecule has 0 aliphatic carbocycles. The summed E-state index contributed by atoms with van der Waals surface area (Å²) in [5.41, 5.74) is 0.471. The Morgan fingerprint density at radius 3 is 3.00 bits per heavy atom. The molecule has 16 heavy (non-hydrogen) atoms. The average molecular weight is 222 g/mol. The highest BCUT2D eigenvalue weighted by Gasteiger charge is 2.23. The van der Waals surface area contributed by atoms with Gasteiger partial charge < -0.3 is 14.6 Å². The third-order valence-corrected chi connectivity index (χ3v) is 2.22. The van der Waals surface area contributed by atoms with Crippen molar-refractivity contribution < 1.29 is 24.2 Å². The lowest BCUT2D eigenvalue weighted by Crippen LogP contribution is -2.31. The number of fused-ring (bicyclic) bond motifs is 1.